The van der Waals surface area contributed by atoms with Gasteiger partial charge in [0.2, 0.25) is 5.91 Å². The lowest BCUT2D eigenvalue weighted by Gasteiger charge is -2.06. The van der Waals surface area contributed by atoms with Gasteiger partial charge in [-0.2, -0.15) is 0 Å². The molecule has 3 N–H and O–H groups in total. The smallest absolute Gasteiger partial charge is 0.220 e. The number of amides is 1. The summed E-state index contributed by atoms with van der Waals surface area (Å²) in [6, 6.07) is 5.56. The molecule has 0 unspecified atom stereocenters. The first-order chi connectivity index (χ1) is 7.17. The highest BCUT2D eigenvalue weighted by Crippen LogP contribution is 2.22. The Kier molecular flexibility index (Phi) is 3.97. The van der Waals surface area contributed by atoms with Crippen molar-refractivity contribution in [3.05, 3.63) is 23.8 Å². The van der Waals surface area contributed by atoms with Gasteiger partial charge in [0, 0.05) is 13.5 Å². The van der Waals surface area contributed by atoms with Crippen molar-refractivity contribution in [2.24, 2.45) is 0 Å². The lowest BCUT2D eigenvalue weighted by Crippen LogP contribution is -2.17. The highest BCUT2D eigenvalue weighted by atomic mass is 16.5. The molecule has 1 rings (SSSR count). The van der Waals surface area contributed by atoms with Crippen LogP contribution in [0, 0.1) is 0 Å². The van der Waals surface area contributed by atoms with E-state index >= 15 is 0 Å². The van der Waals surface area contributed by atoms with Crippen LogP contribution < -0.4 is 15.8 Å². The Hall–Kier alpha value is -1.71. The van der Waals surface area contributed by atoms with Crippen molar-refractivity contribution in [3.63, 3.8) is 0 Å². The average Bonchev–Trinajstić information content (AvgIpc) is 2.26. The zero-order chi connectivity index (χ0) is 11.3. The molecule has 1 amide bonds. The summed E-state index contributed by atoms with van der Waals surface area (Å²) in [6.45, 7) is 0. The van der Waals surface area contributed by atoms with Gasteiger partial charge >= 0.3 is 0 Å². The monoisotopic (exact) mass is 208 g/mol. The number of methoxy groups -OCH3 is 1. The van der Waals surface area contributed by atoms with E-state index < -0.39 is 0 Å². The van der Waals surface area contributed by atoms with Gasteiger partial charge in [-0.3, -0.25) is 4.79 Å². The Morgan fingerprint density at radius 2 is 2.27 bits per heavy atom. The van der Waals surface area contributed by atoms with Gasteiger partial charge in [0.25, 0.3) is 0 Å². The molecule has 0 aliphatic carbocycles. The molecule has 0 aromatic heterocycles. The van der Waals surface area contributed by atoms with Crippen molar-refractivity contribution in [3.8, 4) is 5.75 Å². The van der Waals surface area contributed by atoms with Gasteiger partial charge in [-0.1, -0.05) is 6.07 Å². The molecule has 1 aromatic carbocycles. The highest BCUT2D eigenvalue weighted by molar-refractivity contribution is 5.75. The number of nitrogens with two attached hydrogens (primary N) is 1. The lowest BCUT2D eigenvalue weighted by atomic mass is 10.1. The summed E-state index contributed by atoms with van der Waals surface area (Å²) >= 11 is 0. The third-order valence-corrected chi connectivity index (χ3v) is 2.21. The van der Waals surface area contributed by atoms with E-state index in [2.05, 4.69) is 5.32 Å². The van der Waals surface area contributed by atoms with Crippen molar-refractivity contribution in [1.82, 2.24) is 5.32 Å². The minimum absolute atomic E-state index is 0.0318. The van der Waals surface area contributed by atoms with Gasteiger partial charge in [-0.15, -0.1) is 0 Å². The number of carbonyl (C=O) groups excluding carboxylic acids is 1. The molecule has 0 fully saturated rings. The molecule has 0 radical (unpaired) electrons. The fourth-order valence-corrected chi connectivity index (χ4v) is 1.32. The molecule has 0 heterocycles. The van der Waals surface area contributed by atoms with Crippen LogP contribution in [0.15, 0.2) is 18.2 Å². The first-order valence-corrected chi connectivity index (χ1v) is 4.80. The Morgan fingerprint density at radius 3 is 2.80 bits per heavy atom. The minimum atomic E-state index is 0.0318. The molecule has 4 heteroatoms. The summed E-state index contributed by atoms with van der Waals surface area (Å²) in [6.07, 6.45) is 1.16. The Balaban J connectivity index is 2.63. The first-order valence-electron chi connectivity index (χ1n) is 4.80. The number of aryl methyl sites for hydroxylation is 1. The van der Waals surface area contributed by atoms with Crippen LogP contribution in [0.4, 0.5) is 5.69 Å². The number of ether oxygens (including phenoxy) is 1. The van der Waals surface area contributed by atoms with E-state index in [4.69, 9.17) is 10.5 Å². The predicted octanol–water partition coefficient (Wildman–Crippen LogP) is 0.956. The lowest BCUT2D eigenvalue weighted by molar-refractivity contribution is -0.120. The zero-order valence-corrected chi connectivity index (χ0v) is 9.04. The van der Waals surface area contributed by atoms with Gasteiger partial charge in [-0.05, 0) is 24.1 Å². The van der Waals surface area contributed by atoms with Crippen LogP contribution in [0.5, 0.6) is 5.75 Å². The third kappa shape index (κ3) is 3.16. The summed E-state index contributed by atoms with van der Waals surface area (Å²) in [7, 11) is 3.21. The van der Waals surface area contributed by atoms with Crippen LogP contribution in [-0.4, -0.2) is 20.1 Å². The zero-order valence-electron chi connectivity index (χ0n) is 9.04. The fraction of sp³-hybridized carbons (Fsp3) is 0.364. The largest absolute Gasteiger partial charge is 0.495 e. The van der Waals surface area contributed by atoms with E-state index in [-0.39, 0.29) is 5.91 Å². The third-order valence-electron chi connectivity index (χ3n) is 2.21. The van der Waals surface area contributed by atoms with Crippen LogP contribution in [0.25, 0.3) is 0 Å². The maximum Gasteiger partial charge on any atom is 0.220 e. The van der Waals surface area contributed by atoms with Crippen LogP contribution >= 0.6 is 0 Å². The predicted molar refractivity (Wildman–Crippen MR) is 59.8 cm³/mol. The maximum atomic E-state index is 11.0. The molecule has 0 saturated heterocycles. The SMILES string of the molecule is CNC(=O)CCc1ccc(OC)c(N)c1. The van der Waals surface area contributed by atoms with Crippen molar-refractivity contribution in [2.75, 3.05) is 19.9 Å². The Morgan fingerprint density at radius 1 is 1.53 bits per heavy atom. The second kappa shape index (κ2) is 5.24. The van der Waals surface area contributed by atoms with Gasteiger partial charge < -0.3 is 15.8 Å². The van der Waals surface area contributed by atoms with Crippen molar-refractivity contribution in [2.45, 2.75) is 12.8 Å². The molecular formula is C11H16N2O2. The van der Waals surface area contributed by atoms with E-state index in [0.717, 1.165) is 5.56 Å². The molecule has 4 nitrogen and oxygen atoms in total. The molecular weight excluding hydrogens is 192 g/mol. The van der Waals surface area contributed by atoms with Gasteiger partial charge in [0.05, 0.1) is 12.8 Å². The first kappa shape index (κ1) is 11.4. The van der Waals surface area contributed by atoms with E-state index in [1.54, 1.807) is 14.2 Å². The molecule has 1 aromatic rings. The highest BCUT2D eigenvalue weighted by Gasteiger charge is 2.03. The number of carbonyl (C=O) groups is 1. The van der Waals surface area contributed by atoms with E-state index in [9.17, 15) is 4.79 Å². The summed E-state index contributed by atoms with van der Waals surface area (Å²) in [5, 5.41) is 2.58. The van der Waals surface area contributed by atoms with Crippen LogP contribution in [-0.2, 0) is 11.2 Å². The number of nitrogens with one attached hydrogen (secondary N) is 1. The fourth-order valence-electron chi connectivity index (χ4n) is 1.32. The second-order valence-electron chi connectivity index (χ2n) is 3.25. The molecule has 0 bridgehead atoms. The molecule has 0 aliphatic rings. The molecule has 15 heavy (non-hydrogen) atoms. The van der Waals surface area contributed by atoms with Gasteiger partial charge in [0.15, 0.2) is 0 Å². The standard InChI is InChI=1S/C11H16N2O2/c1-13-11(14)6-4-8-3-5-10(15-2)9(12)7-8/h3,5,7H,4,6,12H2,1-2H3,(H,13,14). The maximum absolute atomic E-state index is 11.0. The van der Waals surface area contributed by atoms with Crippen molar-refractivity contribution < 1.29 is 9.53 Å². The second-order valence-corrected chi connectivity index (χ2v) is 3.25. The van der Waals surface area contributed by atoms with Crippen LogP contribution in [0.2, 0.25) is 0 Å². The summed E-state index contributed by atoms with van der Waals surface area (Å²) in [4.78, 5) is 11.0. The number of nitrogen functional groups attached to an aromatic ring is 1. The van der Waals surface area contributed by atoms with Crippen molar-refractivity contribution in [1.29, 1.82) is 0 Å². The van der Waals surface area contributed by atoms with E-state index in [1.165, 1.54) is 0 Å². The van der Waals surface area contributed by atoms with Crippen LogP contribution in [0.1, 0.15) is 12.0 Å². The minimum Gasteiger partial charge on any atom is -0.495 e. The quantitative estimate of drug-likeness (QED) is 0.724. The number of hydrogen-bond donors (Lipinski definition) is 2. The summed E-state index contributed by atoms with van der Waals surface area (Å²) < 4.78 is 5.04. The summed E-state index contributed by atoms with van der Waals surface area (Å²) in [5.74, 6) is 0.697. The van der Waals surface area contributed by atoms with E-state index in [1.807, 2.05) is 18.2 Å². The van der Waals surface area contributed by atoms with E-state index in [0.29, 0.717) is 24.3 Å². The Bertz CT molecular complexity index is 350. The average molecular weight is 208 g/mol. The number of benzene rings is 1. The summed E-state index contributed by atoms with van der Waals surface area (Å²) in [5.41, 5.74) is 7.39. The Labute approximate surface area is 89.4 Å². The van der Waals surface area contributed by atoms with Gasteiger partial charge in [0.1, 0.15) is 5.75 Å². The normalized spacial score (nSPS) is 9.73. The molecule has 0 aliphatic heterocycles. The number of hydrogen-bond acceptors (Lipinski definition) is 3. The van der Waals surface area contributed by atoms with Crippen molar-refractivity contribution >= 4 is 11.6 Å². The topological polar surface area (TPSA) is 64.3 Å². The molecule has 0 atom stereocenters. The molecule has 0 spiro atoms. The molecule has 82 valence electrons. The van der Waals surface area contributed by atoms with Crippen LogP contribution in [0.3, 0.4) is 0 Å². The number of anilines is 1. The molecule has 0 saturated carbocycles. The number of rotatable bonds is 4. The van der Waals surface area contributed by atoms with Gasteiger partial charge in [-0.25, -0.2) is 0 Å².